The Labute approximate surface area is 118 Å². The molecule has 1 N–H and O–H groups in total. The lowest BCUT2D eigenvalue weighted by molar-refractivity contribution is 0.0911. The molecule has 1 fully saturated rings. The maximum atomic E-state index is 13.5. The lowest BCUT2D eigenvalue weighted by Crippen LogP contribution is -2.38. The maximum Gasteiger partial charge on any atom is 0.257 e. The molecule has 0 radical (unpaired) electrons. The Bertz CT molecular complexity index is 538. The number of nitrogens with one attached hydrogen (secondary N) is 1. The van der Waals surface area contributed by atoms with Gasteiger partial charge in [0.05, 0.1) is 0 Å². The molecule has 0 bridgehead atoms. The molecular formula is C14H14F5NO. The second-order valence-electron chi connectivity index (χ2n) is 5.38. The summed E-state index contributed by atoms with van der Waals surface area (Å²) >= 11 is 0. The Morgan fingerprint density at radius 3 is 1.76 bits per heavy atom. The third-order valence-corrected chi connectivity index (χ3v) is 3.79. The fraction of sp³-hybridized carbons (Fsp3) is 0.500. The van der Waals surface area contributed by atoms with Gasteiger partial charge in [0.25, 0.3) is 5.91 Å². The summed E-state index contributed by atoms with van der Waals surface area (Å²) in [5.41, 5.74) is -1.43. The van der Waals surface area contributed by atoms with Crippen LogP contribution in [0.4, 0.5) is 22.0 Å². The van der Waals surface area contributed by atoms with Gasteiger partial charge in [0.15, 0.2) is 23.3 Å². The van der Waals surface area contributed by atoms with Crippen LogP contribution in [0.1, 0.15) is 43.0 Å². The van der Waals surface area contributed by atoms with Crippen LogP contribution in [0.2, 0.25) is 0 Å². The van der Waals surface area contributed by atoms with Crippen molar-refractivity contribution in [1.82, 2.24) is 5.32 Å². The second-order valence-corrected chi connectivity index (χ2v) is 5.38. The summed E-state index contributed by atoms with van der Waals surface area (Å²) in [6, 6.07) is -0.316. The summed E-state index contributed by atoms with van der Waals surface area (Å²) in [4.78, 5) is 11.8. The van der Waals surface area contributed by atoms with E-state index in [-0.39, 0.29) is 6.04 Å². The minimum atomic E-state index is -2.27. The van der Waals surface area contributed by atoms with E-state index < -0.39 is 40.6 Å². The molecule has 1 amide bonds. The molecular weight excluding hydrogens is 293 g/mol. The second kappa shape index (κ2) is 5.99. The topological polar surface area (TPSA) is 29.1 Å². The van der Waals surface area contributed by atoms with Crippen LogP contribution in [-0.2, 0) is 0 Å². The average Bonchev–Trinajstić information content (AvgIpc) is 2.46. The van der Waals surface area contributed by atoms with Gasteiger partial charge in [0.2, 0.25) is 5.82 Å². The fourth-order valence-electron chi connectivity index (χ4n) is 2.47. The zero-order chi connectivity index (χ0) is 15.7. The third-order valence-electron chi connectivity index (χ3n) is 3.79. The van der Waals surface area contributed by atoms with E-state index >= 15 is 0 Å². The molecule has 1 aliphatic carbocycles. The molecule has 2 rings (SSSR count). The van der Waals surface area contributed by atoms with Gasteiger partial charge < -0.3 is 5.32 Å². The van der Waals surface area contributed by atoms with E-state index in [0.717, 1.165) is 12.8 Å². The molecule has 1 aromatic carbocycles. The molecule has 21 heavy (non-hydrogen) atoms. The van der Waals surface area contributed by atoms with Crippen molar-refractivity contribution < 1.29 is 26.7 Å². The normalized spacial score (nSPS) is 22.2. The van der Waals surface area contributed by atoms with E-state index in [1.165, 1.54) is 0 Å². The highest BCUT2D eigenvalue weighted by Gasteiger charge is 2.31. The van der Waals surface area contributed by atoms with E-state index in [2.05, 4.69) is 5.32 Å². The summed E-state index contributed by atoms with van der Waals surface area (Å²) in [5, 5.41) is 2.34. The van der Waals surface area contributed by atoms with Crippen LogP contribution in [-0.4, -0.2) is 11.9 Å². The van der Waals surface area contributed by atoms with Crippen LogP contribution in [0, 0.1) is 35.0 Å². The Hall–Kier alpha value is -1.66. The standard InChI is InChI=1S/C14H14F5NO/c1-6-2-4-7(5-3-6)20-14(21)8-9(15)11(17)13(19)12(18)10(8)16/h6-7H,2-5H2,1H3,(H,20,21). The molecule has 0 spiro atoms. The third kappa shape index (κ3) is 3.01. The van der Waals surface area contributed by atoms with Crippen LogP contribution in [0.5, 0.6) is 0 Å². The molecule has 0 saturated heterocycles. The average molecular weight is 307 g/mol. The van der Waals surface area contributed by atoms with Crippen LogP contribution in [0.15, 0.2) is 0 Å². The molecule has 116 valence electrons. The van der Waals surface area contributed by atoms with Gasteiger partial charge in [-0.1, -0.05) is 6.92 Å². The first-order valence-corrected chi connectivity index (χ1v) is 6.65. The Morgan fingerprint density at radius 2 is 1.29 bits per heavy atom. The van der Waals surface area contributed by atoms with Gasteiger partial charge in [0.1, 0.15) is 5.56 Å². The zero-order valence-corrected chi connectivity index (χ0v) is 11.3. The molecule has 1 aromatic rings. The molecule has 1 saturated carbocycles. The molecule has 0 atom stereocenters. The highest BCUT2D eigenvalue weighted by atomic mass is 19.2. The molecule has 0 aromatic heterocycles. The minimum absolute atomic E-state index is 0.316. The molecule has 1 aliphatic rings. The van der Waals surface area contributed by atoms with Gasteiger partial charge in [-0.25, -0.2) is 22.0 Å². The van der Waals surface area contributed by atoms with Gasteiger partial charge in [0, 0.05) is 6.04 Å². The van der Waals surface area contributed by atoms with Crippen molar-refractivity contribution in [2.45, 2.75) is 38.6 Å². The Balaban J connectivity index is 2.24. The van der Waals surface area contributed by atoms with Crippen LogP contribution < -0.4 is 5.32 Å². The first-order chi connectivity index (χ1) is 9.82. The smallest absolute Gasteiger partial charge is 0.257 e. The number of carbonyl (C=O) groups excluding carboxylic acids is 1. The van der Waals surface area contributed by atoms with Crippen LogP contribution in [0.3, 0.4) is 0 Å². The molecule has 0 unspecified atom stereocenters. The van der Waals surface area contributed by atoms with E-state index in [9.17, 15) is 26.7 Å². The number of amides is 1. The van der Waals surface area contributed by atoms with E-state index in [4.69, 9.17) is 0 Å². The van der Waals surface area contributed by atoms with Crippen molar-refractivity contribution in [1.29, 1.82) is 0 Å². The highest BCUT2D eigenvalue weighted by molar-refractivity contribution is 5.95. The molecule has 7 heteroatoms. The van der Waals surface area contributed by atoms with Crippen LogP contribution >= 0.6 is 0 Å². The summed E-state index contributed by atoms with van der Waals surface area (Å²) in [6.45, 7) is 2.04. The van der Waals surface area contributed by atoms with E-state index in [1.54, 1.807) is 0 Å². The lowest BCUT2D eigenvalue weighted by Gasteiger charge is -2.27. The van der Waals surface area contributed by atoms with Crippen molar-refractivity contribution in [3.05, 3.63) is 34.6 Å². The summed E-state index contributed by atoms with van der Waals surface area (Å²) in [7, 11) is 0. The predicted molar refractivity (Wildman–Crippen MR) is 65.1 cm³/mol. The monoisotopic (exact) mass is 307 g/mol. The number of carbonyl (C=O) groups is 1. The van der Waals surface area contributed by atoms with Gasteiger partial charge in [-0.3, -0.25) is 4.79 Å². The molecule has 0 heterocycles. The Kier molecular flexibility index (Phi) is 4.49. The van der Waals surface area contributed by atoms with Gasteiger partial charge in [-0.15, -0.1) is 0 Å². The molecule has 2 nitrogen and oxygen atoms in total. The van der Waals surface area contributed by atoms with Crippen molar-refractivity contribution in [3.63, 3.8) is 0 Å². The lowest BCUT2D eigenvalue weighted by atomic mass is 9.87. The van der Waals surface area contributed by atoms with Crippen LogP contribution in [0.25, 0.3) is 0 Å². The first kappa shape index (κ1) is 15.7. The largest absolute Gasteiger partial charge is 0.349 e. The van der Waals surface area contributed by atoms with Crippen molar-refractivity contribution in [2.75, 3.05) is 0 Å². The quantitative estimate of drug-likeness (QED) is 0.504. The van der Waals surface area contributed by atoms with E-state index in [0.29, 0.717) is 18.8 Å². The summed E-state index contributed by atoms with van der Waals surface area (Å²) < 4.78 is 66.0. The number of benzene rings is 1. The minimum Gasteiger partial charge on any atom is -0.349 e. The number of hydrogen-bond donors (Lipinski definition) is 1. The fourth-order valence-corrected chi connectivity index (χ4v) is 2.47. The number of rotatable bonds is 2. The number of hydrogen-bond acceptors (Lipinski definition) is 1. The number of halogens is 5. The van der Waals surface area contributed by atoms with E-state index in [1.807, 2.05) is 6.92 Å². The maximum absolute atomic E-state index is 13.5. The van der Waals surface area contributed by atoms with Gasteiger partial charge in [-0.05, 0) is 31.6 Å². The van der Waals surface area contributed by atoms with Crippen molar-refractivity contribution >= 4 is 5.91 Å². The van der Waals surface area contributed by atoms with Crippen molar-refractivity contribution in [2.24, 2.45) is 5.92 Å². The highest BCUT2D eigenvalue weighted by Crippen LogP contribution is 2.26. The van der Waals surface area contributed by atoms with Gasteiger partial charge in [-0.2, -0.15) is 0 Å². The summed E-state index contributed by atoms with van der Waals surface area (Å²) in [5.74, 6) is -11.5. The SMILES string of the molecule is CC1CCC(NC(=O)c2c(F)c(F)c(F)c(F)c2F)CC1. The zero-order valence-electron chi connectivity index (χ0n) is 11.3. The van der Waals surface area contributed by atoms with Crippen molar-refractivity contribution in [3.8, 4) is 0 Å². The van der Waals surface area contributed by atoms with Gasteiger partial charge >= 0.3 is 0 Å². The summed E-state index contributed by atoms with van der Waals surface area (Å²) in [6.07, 6.45) is 2.90. The first-order valence-electron chi connectivity index (χ1n) is 6.65. The Morgan fingerprint density at radius 1 is 0.857 bits per heavy atom. The molecule has 0 aliphatic heterocycles. The predicted octanol–water partition coefficient (Wildman–Crippen LogP) is 3.69.